The van der Waals surface area contributed by atoms with Crippen LogP contribution in [0.1, 0.15) is 30.9 Å². The number of hydrogen-bond acceptors (Lipinski definition) is 3. The molecule has 0 fully saturated rings. The zero-order chi connectivity index (χ0) is 18.0. The van der Waals surface area contributed by atoms with Crippen molar-refractivity contribution in [3.05, 3.63) is 60.2 Å². The molecule has 1 heterocycles. The molecule has 4 nitrogen and oxygen atoms in total. The van der Waals surface area contributed by atoms with Crippen molar-refractivity contribution in [2.24, 2.45) is 0 Å². The Labute approximate surface area is 146 Å². The Morgan fingerprint density at radius 1 is 1.12 bits per heavy atom. The van der Waals surface area contributed by atoms with Crippen molar-refractivity contribution in [2.45, 2.75) is 26.3 Å². The van der Waals surface area contributed by atoms with Gasteiger partial charge in [0.1, 0.15) is 5.82 Å². The highest BCUT2D eigenvalue weighted by atomic mass is 19.1. The van der Waals surface area contributed by atoms with Crippen molar-refractivity contribution in [3.63, 3.8) is 0 Å². The predicted octanol–water partition coefficient (Wildman–Crippen LogP) is 4.31. The second kappa shape index (κ2) is 6.97. The molecule has 3 aromatic rings. The SMILES string of the molecule is CC[C@@H](C)N([11CH3])C(=O)c1nc(-c2ccccc2F)c2ccccc2n1. The number of para-hydroxylation sites is 1. The molecule has 128 valence electrons. The number of benzene rings is 2. The molecule has 0 bridgehead atoms. The average Bonchev–Trinajstić information content (AvgIpc) is 2.65. The van der Waals surface area contributed by atoms with E-state index in [1.165, 1.54) is 6.07 Å². The summed E-state index contributed by atoms with van der Waals surface area (Å²) in [4.78, 5) is 23.2. The first kappa shape index (κ1) is 17.0. The van der Waals surface area contributed by atoms with E-state index < -0.39 is 0 Å². The fourth-order valence-corrected chi connectivity index (χ4v) is 2.66. The van der Waals surface area contributed by atoms with Gasteiger partial charge in [0.05, 0.1) is 11.2 Å². The van der Waals surface area contributed by atoms with E-state index in [1.807, 2.05) is 32.0 Å². The standard InChI is InChI=1S/C20H20FN3O/c1-4-13(2)24(3)20(25)19-22-17-12-8-6-10-15(17)18(23-19)14-9-5-7-11-16(14)21/h5-13H,4H2,1-3H3/t13-/m1/s1/i3-1. The van der Waals surface area contributed by atoms with Gasteiger partial charge >= 0.3 is 0 Å². The van der Waals surface area contributed by atoms with Gasteiger partial charge in [0.25, 0.3) is 5.91 Å². The van der Waals surface area contributed by atoms with Crippen molar-refractivity contribution in [3.8, 4) is 11.3 Å². The summed E-state index contributed by atoms with van der Waals surface area (Å²) in [6.45, 7) is 3.98. The first-order valence-corrected chi connectivity index (χ1v) is 8.31. The van der Waals surface area contributed by atoms with Crippen LogP contribution in [0.15, 0.2) is 48.5 Å². The normalized spacial score (nSPS) is 12.2. The summed E-state index contributed by atoms with van der Waals surface area (Å²) in [7, 11) is 1.73. The minimum absolute atomic E-state index is 0.0690. The number of carbonyl (C=O) groups excluding carboxylic acids is 1. The number of halogens is 1. The third kappa shape index (κ3) is 3.22. The maximum atomic E-state index is 14.3. The number of aromatic nitrogens is 2. The van der Waals surface area contributed by atoms with Crippen LogP contribution in [0.3, 0.4) is 0 Å². The molecule has 25 heavy (non-hydrogen) atoms. The summed E-state index contributed by atoms with van der Waals surface area (Å²) in [5.41, 5.74) is 1.42. The van der Waals surface area contributed by atoms with Crippen LogP contribution in [0.25, 0.3) is 22.2 Å². The van der Waals surface area contributed by atoms with E-state index in [4.69, 9.17) is 0 Å². The Balaban J connectivity index is 2.20. The van der Waals surface area contributed by atoms with Gasteiger partial charge in [-0.3, -0.25) is 4.79 Å². The zero-order valence-electron chi connectivity index (χ0n) is 14.5. The highest BCUT2D eigenvalue weighted by molar-refractivity contribution is 5.98. The molecule has 0 aliphatic rings. The number of amides is 1. The summed E-state index contributed by atoms with van der Waals surface area (Å²) in [6, 6.07) is 13.8. The van der Waals surface area contributed by atoms with Crippen molar-refractivity contribution in [1.82, 2.24) is 14.9 Å². The van der Waals surface area contributed by atoms with Crippen LogP contribution in [0.5, 0.6) is 0 Å². The van der Waals surface area contributed by atoms with Crippen LogP contribution < -0.4 is 0 Å². The molecule has 0 spiro atoms. The van der Waals surface area contributed by atoms with Gasteiger partial charge in [-0.25, -0.2) is 14.4 Å². The van der Waals surface area contributed by atoms with Crippen LogP contribution in [-0.4, -0.2) is 33.9 Å². The van der Waals surface area contributed by atoms with Crippen LogP contribution >= 0.6 is 0 Å². The van der Waals surface area contributed by atoms with E-state index in [9.17, 15) is 9.18 Å². The largest absolute Gasteiger partial charge is 0.336 e. The van der Waals surface area contributed by atoms with Gasteiger partial charge in [0.2, 0.25) is 5.82 Å². The number of carbonyl (C=O) groups is 1. The van der Waals surface area contributed by atoms with Crippen LogP contribution in [0.2, 0.25) is 0 Å². The van der Waals surface area contributed by atoms with Gasteiger partial charge < -0.3 is 4.90 Å². The summed E-state index contributed by atoms with van der Waals surface area (Å²) in [6.07, 6.45) is 0.829. The smallest absolute Gasteiger partial charge is 0.291 e. The molecule has 5 heteroatoms. The molecule has 0 saturated heterocycles. The fourth-order valence-electron chi connectivity index (χ4n) is 2.66. The van der Waals surface area contributed by atoms with Gasteiger partial charge in [-0.2, -0.15) is 0 Å². The second-order valence-corrected chi connectivity index (χ2v) is 6.07. The lowest BCUT2D eigenvalue weighted by Crippen LogP contribution is -2.35. The highest BCUT2D eigenvalue weighted by Gasteiger charge is 2.21. The highest BCUT2D eigenvalue weighted by Crippen LogP contribution is 2.28. The molecule has 3 rings (SSSR count). The van der Waals surface area contributed by atoms with Gasteiger partial charge in [-0.05, 0) is 31.5 Å². The van der Waals surface area contributed by atoms with Gasteiger partial charge in [0, 0.05) is 24.0 Å². The van der Waals surface area contributed by atoms with E-state index in [1.54, 1.807) is 36.2 Å². The number of fused-ring (bicyclic) bond motifs is 1. The van der Waals surface area contributed by atoms with Crippen molar-refractivity contribution < 1.29 is 9.18 Å². The molecule has 1 aromatic heterocycles. The first-order chi connectivity index (χ1) is 12.0. The quantitative estimate of drug-likeness (QED) is 0.713. The Hall–Kier alpha value is -2.82. The summed E-state index contributed by atoms with van der Waals surface area (Å²) < 4.78 is 14.3. The predicted molar refractivity (Wildman–Crippen MR) is 96.8 cm³/mol. The molecular formula is C20H20FN3O. The topological polar surface area (TPSA) is 46.1 Å². The molecule has 0 unspecified atom stereocenters. The molecule has 0 radical (unpaired) electrons. The van der Waals surface area contributed by atoms with E-state index in [2.05, 4.69) is 9.97 Å². The lowest BCUT2D eigenvalue weighted by molar-refractivity contribution is 0.0728. The van der Waals surface area contributed by atoms with E-state index >= 15 is 0 Å². The van der Waals surface area contributed by atoms with Gasteiger partial charge in [0.15, 0.2) is 0 Å². The molecule has 0 aliphatic carbocycles. The minimum atomic E-state index is -0.375. The van der Waals surface area contributed by atoms with Crippen molar-refractivity contribution in [1.29, 1.82) is 0 Å². The molecule has 2 aromatic carbocycles. The van der Waals surface area contributed by atoms with E-state index in [-0.39, 0.29) is 23.6 Å². The monoisotopic (exact) mass is 336 g/mol. The zero-order valence-corrected chi connectivity index (χ0v) is 14.5. The van der Waals surface area contributed by atoms with Crippen LogP contribution in [0, 0.1) is 5.82 Å². The maximum absolute atomic E-state index is 14.3. The number of nitrogens with zero attached hydrogens (tertiary/aromatic N) is 3. The Morgan fingerprint density at radius 2 is 1.80 bits per heavy atom. The summed E-state index contributed by atoms with van der Waals surface area (Å²) in [5.74, 6) is -0.558. The van der Waals surface area contributed by atoms with E-state index in [0.29, 0.717) is 16.8 Å². The molecule has 0 saturated carbocycles. The average molecular weight is 336 g/mol. The fraction of sp³-hybridized carbons (Fsp3) is 0.250. The van der Waals surface area contributed by atoms with E-state index in [0.717, 1.165) is 11.8 Å². The van der Waals surface area contributed by atoms with Crippen LogP contribution in [-0.2, 0) is 0 Å². The van der Waals surface area contributed by atoms with Crippen molar-refractivity contribution >= 4 is 16.8 Å². The van der Waals surface area contributed by atoms with Gasteiger partial charge in [-0.1, -0.05) is 37.3 Å². The molecule has 0 N–H and O–H groups in total. The lowest BCUT2D eigenvalue weighted by Gasteiger charge is -2.23. The molecular weight excluding hydrogens is 316 g/mol. The molecule has 1 atom stereocenters. The Bertz CT molecular complexity index is 926. The molecule has 1 amide bonds. The maximum Gasteiger partial charge on any atom is 0.291 e. The summed E-state index contributed by atoms with van der Waals surface area (Å²) in [5, 5.41) is 0.718. The lowest BCUT2D eigenvalue weighted by atomic mass is 10.1. The third-order valence-corrected chi connectivity index (χ3v) is 4.50. The number of rotatable bonds is 4. The Kier molecular flexibility index (Phi) is 4.74. The first-order valence-electron chi connectivity index (χ1n) is 8.31. The number of hydrogen-bond donors (Lipinski definition) is 0. The molecule has 0 aliphatic heterocycles. The summed E-state index contributed by atoms with van der Waals surface area (Å²) >= 11 is 0. The second-order valence-electron chi connectivity index (χ2n) is 6.07. The van der Waals surface area contributed by atoms with Crippen LogP contribution in [0.4, 0.5) is 4.39 Å². The van der Waals surface area contributed by atoms with Crippen molar-refractivity contribution in [2.75, 3.05) is 7.05 Å². The third-order valence-electron chi connectivity index (χ3n) is 4.50. The van der Waals surface area contributed by atoms with Gasteiger partial charge in [-0.15, -0.1) is 0 Å². The Morgan fingerprint density at radius 3 is 2.52 bits per heavy atom. The minimum Gasteiger partial charge on any atom is -0.336 e.